The fraction of sp³-hybridized carbons (Fsp3) is 0.875. The lowest BCUT2D eigenvalue weighted by Gasteiger charge is -2.30. The molecule has 6 heteroatoms. The van der Waals surface area contributed by atoms with Crippen molar-refractivity contribution in [3.8, 4) is 0 Å². The number of likely N-dealkylation sites (N-methyl/N-ethyl adjacent to an activating group) is 1. The molecular weight excluding hydrogens is 197 g/mol. The van der Waals surface area contributed by atoms with Crippen molar-refractivity contribution in [2.75, 3.05) is 20.1 Å². The number of nitrogens with zero attached hydrogens (tertiary/aromatic N) is 1. The van der Waals surface area contributed by atoms with Crippen LogP contribution in [0.3, 0.4) is 0 Å². The van der Waals surface area contributed by atoms with Crippen LogP contribution in [0.15, 0.2) is 0 Å². The van der Waals surface area contributed by atoms with E-state index in [1.807, 2.05) is 17.3 Å². The normalized spacial score (nSPS) is 24.7. The van der Waals surface area contributed by atoms with E-state index in [2.05, 4.69) is 0 Å². The van der Waals surface area contributed by atoms with Gasteiger partial charge in [0.25, 0.3) is 0 Å². The molecule has 1 aliphatic rings. The Labute approximate surface area is 80.3 Å². The highest BCUT2D eigenvalue weighted by atomic mass is 19.4. The first-order valence-electron chi connectivity index (χ1n) is 4.46. The first-order chi connectivity index (χ1) is 6.39. The van der Waals surface area contributed by atoms with Gasteiger partial charge >= 0.3 is 12.1 Å². The van der Waals surface area contributed by atoms with Crippen LogP contribution in [0.4, 0.5) is 13.2 Å². The van der Waals surface area contributed by atoms with E-state index in [1.54, 1.807) is 0 Å². The smallest absolute Gasteiger partial charge is 0.344 e. The number of rotatable bonds is 1. The molecule has 82 valence electrons. The summed E-state index contributed by atoms with van der Waals surface area (Å²) in [6, 6.07) is -0.372. The number of amides is 1. The maximum atomic E-state index is 11.9. The van der Waals surface area contributed by atoms with Crippen molar-refractivity contribution < 1.29 is 18.0 Å². The van der Waals surface area contributed by atoms with Crippen molar-refractivity contribution in [1.29, 1.82) is 0 Å². The molecule has 1 heterocycles. The molecule has 1 rings (SSSR count). The number of hydrogen-bond acceptors (Lipinski definition) is 2. The van der Waals surface area contributed by atoms with Gasteiger partial charge in [0.2, 0.25) is 0 Å². The van der Waals surface area contributed by atoms with Gasteiger partial charge in [-0.15, -0.1) is 0 Å². The van der Waals surface area contributed by atoms with Crippen molar-refractivity contribution in [3.05, 3.63) is 0 Å². The Morgan fingerprint density at radius 2 is 2.14 bits per heavy atom. The van der Waals surface area contributed by atoms with E-state index in [4.69, 9.17) is 0 Å². The number of nitrogens with one attached hydrogen (secondary N) is 1. The average Bonchev–Trinajstić information content (AvgIpc) is 2.02. The maximum Gasteiger partial charge on any atom is 0.471 e. The van der Waals surface area contributed by atoms with Gasteiger partial charge in [0.15, 0.2) is 0 Å². The Morgan fingerprint density at radius 1 is 1.50 bits per heavy atom. The SMILES string of the molecule is CN1CCCC(NC(=O)C(F)(F)F)C1. The molecule has 14 heavy (non-hydrogen) atoms. The molecule has 0 aromatic carbocycles. The summed E-state index contributed by atoms with van der Waals surface area (Å²) in [6.45, 7) is 1.36. The largest absolute Gasteiger partial charge is 0.471 e. The first-order valence-corrected chi connectivity index (χ1v) is 4.46. The summed E-state index contributed by atoms with van der Waals surface area (Å²) < 4.78 is 35.6. The van der Waals surface area contributed by atoms with Gasteiger partial charge in [0, 0.05) is 12.6 Å². The van der Waals surface area contributed by atoms with E-state index in [0.717, 1.165) is 13.0 Å². The van der Waals surface area contributed by atoms with Crippen molar-refractivity contribution >= 4 is 5.91 Å². The summed E-state index contributed by atoms with van der Waals surface area (Å²) in [4.78, 5) is 12.5. The average molecular weight is 210 g/mol. The summed E-state index contributed by atoms with van der Waals surface area (Å²) >= 11 is 0. The molecule has 0 saturated carbocycles. The summed E-state index contributed by atoms with van der Waals surface area (Å²) in [5.74, 6) is -1.84. The van der Waals surface area contributed by atoms with E-state index in [1.165, 1.54) is 0 Å². The zero-order chi connectivity index (χ0) is 10.8. The number of halogens is 3. The van der Waals surface area contributed by atoms with Crippen LogP contribution >= 0.6 is 0 Å². The van der Waals surface area contributed by atoms with Crippen molar-refractivity contribution in [1.82, 2.24) is 10.2 Å². The third-order valence-electron chi connectivity index (χ3n) is 2.22. The summed E-state index contributed by atoms with van der Waals surface area (Å²) in [6.07, 6.45) is -3.33. The zero-order valence-corrected chi connectivity index (χ0v) is 7.90. The van der Waals surface area contributed by atoms with Crippen LogP contribution < -0.4 is 5.32 Å². The molecule has 1 N–H and O–H groups in total. The van der Waals surface area contributed by atoms with Crippen molar-refractivity contribution in [2.45, 2.75) is 25.1 Å². The second-order valence-corrected chi connectivity index (χ2v) is 3.57. The molecular formula is C8H13F3N2O. The van der Waals surface area contributed by atoms with Gasteiger partial charge in [-0.05, 0) is 26.4 Å². The van der Waals surface area contributed by atoms with Crippen LogP contribution in [-0.4, -0.2) is 43.2 Å². The quantitative estimate of drug-likeness (QED) is 0.693. The number of alkyl halides is 3. The molecule has 1 atom stereocenters. The van der Waals surface area contributed by atoms with Gasteiger partial charge in [-0.2, -0.15) is 13.2 Å². The third-order valence-corrected chi connectivity index (χ3v) is 2.22. The second-order valence-electron chi connectivity index (χ2n) is 3.57. The Morgan fingerprint density at radius 3 is 2.64 bits per heavy atom. The van der Waals surface area contributed by atoms with E-state index in [-0.39, 0.29) is 6.04 Å². The minimum absolute atomic E-state index is 0.372. The van der Waals surface area contributed by atoms with E-state index >= 15 is 0 Å². The number of carbonyl (C=O) groups is 1. The van der Waals surface area contributed by atoms with Crippen LogP contribution in [0.2, 0.25) is 0 Å². The van der Waals surface area contributed by atoms with Crippen LogP contribution in [0.1, 0.15) is 12.8 Å². The predicted molar refractivity (Wildman–Crippen MR) is 44.7 cm³/mol. The van der Waals surface area contributed by atoms with Crippen LogP contribution in [0, 0.1) is 0 Å². The molecule has 1 saturated heterocycles. The molecule has 0 aromatic rings. The Bertz CT molecular complexity index is 217. The molecule has 1 fully saturated rings. The summed E-state index contributed by atoms with van der Waals surface area (Å²) in [5, 5.41) is 1.98. The fourth-order valence-electron chi connectivity index (χ4n) is 1.55. The molecule has 0 spiro atoms. The third kappa shape index (κ3) is 3.17. The van der Waals surface area contributed by atoms with Crippen molar-refractivity contribution in [2.24, 2.45) is 0 Å². The van der Waals surface area contributed by atoms with Crippen LogP contribution in [0.5, 0.6) is 0 Å². The topological polar surface area (TPSA) is 32.3 Å². The first kappa shape index (κ1) is 11.3. The molecule has 1 amide bonds. The number of hydrogen-bond donors (Lipinski definition) is 1. The highest BCUT2D eigenvalue weighted by molar-refractivity contribution is 5.81. The zero-order valence-electron chi connectivity index (χ0n) is 7.90. The highest BCUT2D eigenvalue weighted by Crippen LogP contribution is 2.16. The lowest BCUT2D eigenvalue weighted by molar-refractivity contribution is -0.174. The number of likely N-dealkylation sites (tertiary alicyclic amines) is 1. The molecule has 3 nitrogen and oxygen atoms in total. The molecule has 0 aliphatic carbocycles. The lowest BCUT2D eigenvalue weighted by atomic mass is 10.1. The van der Waals surface area contributed by atoms with E-state index in [9.17, 15) is 18.0 Å². The van der Waals surface area contributed by atoms with Gasteiger partial charge in [-0.25, -0.2) is 0 Å². The second kappa shape index (κ2) is 4.16. The molecule has 0 radical (unpaired) electrons. The van der Waals surface area contributed by atoms with Gasteiger partial charge < -0.3 is 10.2 Å². The molecule has 1 unspecified atom stereocenters. The number of carbonyl (C=O) groups excluding carboxylic acids is 1. The molecule has 1 aliphatic heterocycles. The minimum atomic E-state index is -4.77. The predicted octanol–water partition coefficient (Wildman–Crippen LogP) is 0.759. The van der Waals surface area contributed by atoms with Gasteiger partial charge in [0.05, 0.1) is 0 Å². The molecule has 0 aromatic heterocycles. The maximum absolute atomic E-state index is 11.9. The van der Waals surface area contributed by atoms with E-state index in [0.29, 0.717) is 13.0 Å². The minimum Gasteiger partial charge on any atom is -0.344 e. The van der Waals surface area contributed by atoms with Gasteiger partial charge in [-0.3, -0.25) is 4.79 Å². The summed E-state index contributed by atoms with van der Waals surface area (Å²) in [7, 11) is 1.83. The number of piperidine rings is 1. The van der Waals surface area contributed by atoms with Crippen molar-refractivity contribution in [3.63, 3.8) is 0 Å². The monoisotopic (exact) mass is 210 g/mol. The molecule has 0 bridgehead atoms. The van der Waals surface area contributed by atoms with Gasteiger partial charge in [-0.1, -0.05) is 0 Å². The Hall–Kier alpha value is -0.780. The van der Waals surface area contributed by atoms with Crippen LogP contribution in [-0.2, 0) is 4.79 Å². The Kier molecular flexibility index (Phi) is 3.36. The fourth-order valence-corrected chi connectivity index (χ4v) is 1.55. The highest BCUT2D eigenvalue weighted by Gasteiger charge is 2.39. The van der Waals surface area contributed by atoms with Gasteiger partial charge in [0.1, 0.15) is 0 Å². The van der Waals surface area contributed by atoms with E-state index < -0.39 is 12.1 Å². The standard InChI is InChI=1S/C8H13F3N2O/c1-13-4-2-3-6(5-13)12-7(14)8(9,10)11/h6H,2-5H2,1H3,(H,12,14). The Balaban J connectivity index is 2.40. The lowest BCUT2D eigenvalue weighted by Crippen LogP contribution is -2.50. The van der Waals surface area contributed by atoms with Crippen LogP contribution in [0.25, 0.3) is 0 Å². The summed E-state index contributed by atoms with van der Waals surface area (Å²) in [5.41, 5.74) is 0.